The minimum absolute atomic E-state index is 0. The number of unbranched alkanes of at least 4 members (excludes halogenated alkanes) is 1. The van der Waals surface area contributed by atoms with E-state index in [-0.39, 0.29) is 29.5 Å². The molecule has 1 fully saturated rings. The maximum absolute atomic E-state index is 5.36. The molecule has 0 aromatic carbocycles. The van der Waals surface area contributed by atoms with Crippen LogP contribution < -0.4 is 10.6 Å². The van der Waals surface area contributed by atoms with Crippen LogP contribution in [-0.2, 0) is 4.74 Å². The first-order valence-corrected chi connectivity index (χ1v) is 9.66. The zero-order valence-electron chi connectivity index (χ0n) is 17.2. The molecular formula is C19H41IN4O. The summed E-state index contributed by atoms with van der Waals surface area (Å²) in [5.41, 5.74) is 0.134. The topological polar surface area (TPSA) is 48.9 Å². The van der Waals surface area contributed by atoms with Gasteiger partial charge in [0.1, 0.15) is 0 Å². The Morgan fingerprint density at radius 2 is 1.80 bits per heavy atom. The van der Waals surface area contributed by atoms with Gasteiger partial charge in [-0.25, -0.2) is 0 Å². The molecule has 1 rings (SSSR count). The van der Waals surface area contributed by atoms with Gasteiger partial charge in [0.25, 0.3) is 0 Å². The minimum Gasteiger partial charge on any atom is -0.382 e. The lowest BCUT2D eigenvalue weighted by Crippen LogP contribution is -2.57. The standard InChI is InChI=1S/C19H40N4O.HI/c1-7-24-11-9-8-10-21-18(20-6)22-15-19(4,5)23-13-16(2)12-17(3)14-23;/h16-17H,7-15H2,1-6H3,(H2,20,21,22);1H. The molecule has 2 unspecified atom stereocenters. The van der Waals surface area contributed by atoms with Crippen molar-refractivity contribution >= 4 is 29.9 Å². The maximum Gasteiger partial charge on any atom is 0.191 e. The molecule has 0 radical (unpaired) electrons. The zero-order valence-corrected chi connectivity index (χ0v) is 19.6. The summed E-state index contributed by atoms with van der Waals surface area (Å²) >= 11 is 0. The van der Waals surface area contributed by atoms with Gasteiger partial charge in [-0.05, 0) is 51.9 Å². The Morgan fingerprint density at radius 3 is 2.36 bits per heavy atom. The van der Waals surface area contributed by atoms with E-state index in [9.17, 15) is 0 Å². The summed E-state index contributed by atoms with van der Waals surface area (Å²) < 4.78 is 5.36. The smallest absolute Gasteiger partial charge is 0.191 e. The Kier molecular flexibility index (Phi) is 13.1. The number of guanidine groups is 1. The molecule has 0 saturated carbocycles. The van der Waals surface area contributed by atoms with Crippen molar-refractivity contribution in [2.24, 2.45) is 16.8 Å². The summed E-state index contributed by atoms with van der Waals surface area (Å²) in [7, 11) is 1.84. The van der Waals surface area contributed by atoms with E-state index in [1.165, 1.54) is 19.5 Å². The van der Waals surface area contributed by atoms with Crippen molar-refractivity contribution in [3.8, 4) is 0 Å². The lowest BCUT2D eigenvalue weighted by atomic mass is 9.88. The quantitative estimate of drug-likeness (QED) is 0.236. The van der Waals surface area contributed by atoms with E-state index in [0.717, 1.165) is 56.9 Å². The molecule has 25 heavy (non-hydrogen) atoms. The molecule has 150 valence electrons. The van der Waals surface area contributed by atoms with Gasteiger partial charge in [-0.1, -0.05) is 13.8 Å². The lowest BCUT2D eigenvalue weighted by Gasteiger charge is -2.45. The summed E-state index contributed by atoms with van der Waals surface area (Å²) in [6.07, 6.45) is 3.54. The molecule has 1 saturated heterocycles. The second-order valence-electron chi connectivity index (χ2n) is 7.92. The fourth-order valence-corrected chi connectivity index (χ4v) is 3.47. The van der Waals surface area contributed by atoms with Crippen LogP contribution in [0, 0.1) is 11.8 Å². The Hall–Kier alpha value is -0.0800. The summed E-state index contributed by atoms with van der Waals surface area (Å²) in [5.74, 6) is 2.48. The normalized spacial score (nSPS) is 22.4. The van der Waals surface area contributed by atoms with Gasteiger partial charge in [-0.2, -0.15) is 0 Å². The Bertz CT molecular complexity index is 366. The molecule has 1 aliphatic rings. The van der Waals surface area contributed by atoms with E-state index in [1.807, 2.05) is 14.0 Å². The summed E-state index contributed by atoms with van der Waals surface area (Å²) in [4.78, 5) is 6.98. The van der Waals surface area contributed by atoms with Crippen LogP contribution in [0.1, 0.15) is 53.9 Å². The highest BCUT2D eigenvalue weighted by Crippen LogP contribution is 2.26. The molecule has 1 aliphatic heterocycles. The van der Waals surface area contributed by atoms with Crippen molar-refractivity contribution in [1.82, 2.24) is 15.5 Å². The number of aliphatic imine (C=N–C) groups is 1. The van der Waals surface area contributed by atoms with E-state index in [1.54, 1.807) is 0 Å². The third kappa shape index (κ3) is 9.99. The molecule has 6 heteroatoms. The average molecular weight is 468 g/mol. The molecule has 0 bridgehead atoms. The molecule has 0 spiro atoms. The molecule has 2 N–H and O–H groups in total. The van der Waals surface area contributed by atoms with Crippen LogP contribution >= 0.6 is 24.0 Å². The average Bonchev–Trinajstić information content (AvgIpc) is 2.52. The molecule has 0 aliphatic carbocycles. The largest absolute Gasteiger partial charge is 0.382 e. The van der Waals surface area contributed by atoms with Crippen molar-refractivity contribution in [1.29, 1.82) is 0 Å². The van der Waals surface area contributed by atoms with E-state index >= 15 is 0 Å². The number of halogens is 1. The highest BCUT2D eigenvalue weighted by Gasteiger charge is 2.32. The van der Waals surface area contributed by atoms with Gasteiger partial charge in [0.15, 0.2) is 5.96 Å². The second kappa shape index (κ2) is 13.1. The molecule has 2 atom stereocenters. The van der Waals surface area contributed by atoms with Crippen LogP contribution in [0.2, 0.25) is 0 Å². The monoisotopic (exact) mass is 468 g/mol. The predicted molar refractivity (Wildman–Crippen MR) is 119 cm³/mol. The van der Waals surface area contributed by atoms with Gasteiger partial charge >= 0.3 is 0 Å². The minimum atomic E-state index is 0. The predicted octanol–water partition coefficient (Wildman–Crippen LogP) is 3.34. The lowest BCUT2D eigenvalue weighted by molar-refractivity contribution is 0.0483. The van der Waals surface area contributed by atoms with E-state index in [4.69, 9.17) is 4.74 Å². The van der Waals surface area contributed by atoms with Crippen LogP contribution in [-0.4, -0.2) is 62.8 Å². The van der Waals surface area contributed by atoms with Crippen molar-refractivity contribution in [2.45, 2.75) is 59.4 Å². The number of piperidine rings is 1. The highest BCUT2D eigenvalue weighted by molar-refractivity contribution is 14.0. The number of nitrogens with zero attached hydrogens (tertiary/aromatic N) is 2. The van der Waals surface area contributed by atoms with Crippen LogP contribution in [0.15, 0.2) is 4.99 Å². The first-order valence-electron chi connectivity index (χ1n) is 9.66. The van der Waals surface area contributed by atoms with Crippen LogP contribution in [0.3, 0.4) is 0 Å². The van der Waals surface area contributed by atoms with Crippen LogP contribution in [0.25, 0.3) is 0 Å². The molecule has 1 heterocycles. The summed E-state index contributed by atoms with van der Waals surface area (Å²) in [6.45, 7) is 17.3. The van der Waals surface area contributed by atoms with Gasteiger partial charge < -0.3 is 15.4 Å². The third-order valence-corrected chi connectivity index (χ3v) is 4.85. The fraction of sp³-hybridized carbons (Fsp3) is 0.947. The third-order valence-electron chi connectivity index (χ3n) is 4.85. The molecule has 0 aromatic heterocycles. The first-order chi connectivity index (χ1) is 11.4. The van der Waals surface area contributed by atoms with Crippen molar-refractivity contribution in [2.75, 3.05) is 46.4 Å². The van der Waals surface area contributed by atoms with Gasteiger partial charge in [-0.15, -0.1) is 24.0 Å². The summed E-state index contributed by atoms with van der Waals surface area (Å²) in [6, 6.07) is 0. The molecule has 0 amide bonds. The van der Waals surface area contributed by atoms with Crippen molar-refractivity contribution < 1.29 is 4.74 Å². The van der Waals surface area contributed by atoms with Gasteiger partial charge in [0.2, 0.25) is 0 Å². The van der Waals surface area contributed by atoms with Gasteiger partial charge in [-0.3, -0.25) is 9.89 Å². The second-order valence-corrected chi connectivity index (χ2v) is 7.92. The molecular weight excluding hydrogens is 427 g/mol. The Morgan fingerprint density at radius 1 is 1.16 bits per heavy atom. The van der Waals surface area contributed by atoms with Gasteiger partial charge in [0, 0.05) is 52.0 Å². The highest BCUT2D eigenvalue weighted by atomic mass is 127. The van der Waals surface area contributed by atoms with Crippen molar-refractivity contribution in [3.63, 3.8) is 0 Å². The van der Waals surface area contributed by atoms with Crippen LogP contribution in [0.4, 0.5) is 0 Å². The van der Waals surface area contributed by atoms with E-state index in [2.05, 4.69) is 48.2 Å². The zero-order chi connectivity index (χ0) is 18.0. The number of hydrogen-bond donors (Lipinski definition) is 2. The maximum atomic E-state index is 5.36. The number of ether oxygens (including phenoxy) is 1. The number of likely N-dealkylation sites (tertiary alicyclic amines) is 1. The first kappa shape index (κ1) is 24.9. The SMILES string of the molecule is CCOCCCCNC(=NC)NCC(C)(C)N1CC(C)CC(C)C1.I. The Balaban J connectivity index is 0.00000576. The van der Waals surface area contributed by atoms with E-state index in [0.29, 0.717) is 0 Å². The van der Waals surface area contributed by atoms with Crippen LogP contribution in [0.5, 0.6) is 0 Å². The number of rotatable bonds is 9. The number of hydrogen-bond acceptors (Lipinski definition) is 3. The summed E-state index contributed by atoms with van der Waals surface area (Å²) in [5, 5.41) is 6.91. The Labute approximate surface area is 172 Å². The molecule has 0 aromatic rings. The van der Waals surface area contributed by atoms with Gasteiger partial charge in [0.05, 0.1) is 0 Å². The number of nitrogens with one attached hydrogen (secondary N) is 2. The van der Waals surface area contributed by atoms with Crippen molar-refractivity contribution in [3.05, 3.63) is 0 Å². The van der Waals surface area contributed by atoms with E-state index < -0.39 is 0 Å². The fourth-order valence-electron chi connectivity index (χ4n) is 3.47. The molecule has 5 nitrogen and oxygen atoms in total.